The van der Waals surface area contributed by atoms with Gasteiger partial charge in [0.2, 0.25) is 0 Å². The summed E-state index contributed by atoms with van der Waals surface area (Å²) < 4.78 is 0. The molecule has 96 valence electrons. The van der Waals surface area contributed by atoms with E-state index in [0.29, 0.717) is 0 Å². The van der Waals surface area contributed by atoms with Gasteiger partial charge in [-0.2, -0.15) is 0 Å². The molecule has 0 radical (unpaired) electrons. The number of aromatic hydroxyl groups is 1. The fraction of sp³-hybridized carbons (Fsp3) is 0.400. The number of phenols is 1. The molecule has 3 nitrogen and oxygen atoms in total. The Morgan fingerprint density at radius 1 is 1.44 bits per heavy atom. The minimum Gasteiger partial charge on any atom is -0.508 e. The van der Waals surface area contributed by atoms with Crippen LogP contribution < -0.4 is 5.32 Å². The molecule has 0 unspecified atom stereocenters. The van der Waals surface area contributed by atoms with Crippen LogP contribution >= 0.6 is 0 Å². The maximum absolute atomic E-state index is 11.9. The first-order valence-electron chi connectivity index (χ1n) is 6.37. The van der Waals surface area contributed by atoms with Gasteiger partial charge in [-0.1, -0.05) is 6.92 Å². The number of carbonyl (C=O) groups is 1. The highest BCUT2D eigenvalue weighted by Crippen LogP contribution is 2.26. The van der Waals surface area contributed by atoms with Crippen molar-refractivity contribution in [1.82, 2.24) is 0 Å². The van der Waals surface area contributed by atoms with Crippen molar-refractivity contribution >= 4 is 11.5 Å². The average molecular weight is 245 g/mol. The summed E-state index contributed by atoms with van der Waals surface area (Å²) in [6, 6.07) is 5.16. The fourth-order valence-corrected chi connectivity index (χ4v) is 2.29. The summed E-state index contributed by atoms with van der Waals surface area (Å²) in [5, 5.41) is 12.5. The van der Waals surface area contributed by atoms with Gasteiger partial charge in [-0.05, 0) is 49.9 Å². The van der Waals surface area contributed by atoms with E-state index >= 15 is 0 Å². The smallest absolute Gasteiger partial charge is 0.163 e. The van der Waals surface area contributed by atoms with Crippen LogP contribution in [-0.2, 0) is 4.79 Å². The quantitative estimate of drug-likeness (QED) is 0.620. The van der Waals surface area contributed by atoms with Crippen LogP contribution in [0.5, 0.6) is 5.75 Å². The lowest BCUT2D eigenvalue weighted by molar-refractivity contribution is -0.119. The third-order valence-corrected chi connectivity index (χ3v) is 3.46. The number of carbonyl (C=O) groups excluding carboxylic acids is 1. The average Bonchev–Trinajstić information content (AvgIpc) is 2.33. The Labute approximate surface area is 108 Å². The predicted molar refractivity (Wildman–Crippen MR) is 72.6 cm³/mol. The molecule has 1 atom stereocenters. The summed E-state index contributed by atoms with van der Waals surface area (Å²) in [6.07, 6.45) is 4.74. The van der Waals surface area contributed by atoms with Crippen molar-refractivity contribution in [3.05, 3.63) is 35.5 Å². The maximum Gasteiger partial charge on any atom is 0.163 e. The first-order chi connectivity index (χ1) is 8.58. The monoisotopic (exact) mass is 245 g/mol. The van der Waals surface area contributed by atoms with Crippen molar-refractivity contribution in [2.45, 2.75) is 33.1 Å². The van der Waals surface area contributed by atoms with E-state index in [1.807, 2.05) is 26.1 Å². The summed E-state index contributed by atoms with van der Waals surface area (Å²) in [5.74, 6) is 0.658. The van der Waals surface area contributed by atoms with E-state index in [1.54, 1.807) is 12.1 Å². The first kappa shape index (κ1) is 12.7. The van der Waals surface area contributed by atoms with E-state index in [4.69, 9.17) is 0 Å². The summed E-state index contributed by atoms with van der Waals surface area (Å²) >= 11 is 0. The van der Waals surface area contributed by atoms with Crippen LogP contribution in [-0.4, -0.2) is 10.9 Å². The summed E-state index contributed by atoms with van der Waals surface area (Å²) in [5.41, 5.74) is 2.76. The molecule has 2 rings (SSSR count). The van der Waals surface area contributed by atoms with Crippen molar-refractivity contribution in [2.24, 2.45) is 5.92 Å². The number of nitrogens with one attached hydrogen (secondary N) is 1. The lowest BCUT2D eigenvalue weighted by Crippen LogP contribution is -2.19. The number of hydrogen-bond acceptors (Lipinski definition) is 3. The zero-order valence-electron chi connectivity index (χ0n) is 10.9. The van der Waals surface area contributed by atoms with Crippen LogP contribution in [0.1, 0.15) is 31.7 Å². The molecule has 0 heterocycles. The molecule has 1 fully saturated rings. The highest BCUT2D eigenvalue weighted by molar-refractivity contribution is 5.97. The molecular weight excluding hydrogens is 226 g/mol. The summed E-state index contributed by atoms with van der Waals surface area (Å²) in [4.78, 5) is 11.9. The fourth-order valence-electron chi connectivity index (χ4n) is 2.29. The normalized spacial score (nSPS) is 22.2. The molecule has 1 aromatic rings. The summed E-state index contributed by atoms with van der Waals surface area (Å²) in [7, 11) is 0. The molecule has 1 aliphatic carbocycles. The van der Waals surface area contributed by atoms with Gasteiger partial charge in [0.25, 0.3) is 0 Å². The van der Waals surface area contributed by atoms with Gasteiger partial charge < -0.3 is 10.4 Å². The van der Waals surface area contributed by atoms with Crippen LogP contribution in [0, 0.1) is 12.8 Å². The van der Waals surface area contributed by atoms with E-state index in [0.717, 1.165) is 36.1 Å². The third kappa shape index (κ3) is 2.73. The number of benzene rings is 1. The van der Waals surface area contributed by atoms with Crippen LogP contribution in [0.3, 0.4) is 0 Å². The topological polar surface area (TPSA) is 49.3 Å². The maximum atomic E-state index is 11.9. The van der Waals surface area contributed by atoms with Crippen molar-refractivity contribution in [1.29, 1.82) is 0 Å². The lowest BCUT2D eigenvalue weighted by atomic mass is 9.86. The first-order valence-corrected chi connectivity index (χ1v) is 6.37. The van der Waals surface area contributed by atoms with Crippen LogP contribution in [0.25, 0.3) is 0 Å². The molecule has 0 amide bonds. The number of hydrogen-bond donors (Lipinski definition) is 2. The Balaban J connectivity index is 2.12. The van der Waals surface area contributed by atoms with Gasteiger partial charge in [-0.25, -0.2) is 0 Å². The highest BCUT2D eigenvalue weighted by atomic mass is 16.3. The second-order valence-electron chi connectivity index (χ2n) is 4.97. The van der Waals surface area contributed by atoms with E-state index < -0.39 is 0 Å². The van der Waals surface area contributed by atoms with Crippen LogP contribution in [0.15, 0.2) is 30.0 Å². The Bertz CT molecular complexity index is 491. The van der Waals surface area contributed by atoms with Crippen molar-refractivity contribution < 1.29 is 9.90 Å². The number of allylic oxidation sites excluding steroid dienone is 1. The second-order valence-corrected chi connectivity index (χ2v) is 4.97. The van der Waals surface area contributed by atoms with Crippen molar-refractivity contribution in [3.8, 4) is 5.75 Å². The number of aryl methyl sites for hydroxylation is 1. The standard InChI is InChI=1S/C15H19NO2/c1-10-4-3-5-12(15(10)18)9-16-14-7-6-13(17)8-11(14)2/h6-10,16-17H,3-5H2,1-2H3/b12-9-/t10-/m0/s1. The molecule has 1 aromatic carbocycles. The van der Waals surface area contributed by atoms with Crippen molar-refractivity contribution in [3.63, 3.8) is 0 Å². The zero-order chi connectivity index (χ0) is 13.1. The summed E-state index contributed by atoms with van der Waals surface area (Å²) in [6.45, 7) is 3.91. The van der Waals surface area contributed by atoms with Gasteiger partial charge in [0, 0.05) is 23.4 Å². The predicted octanol–water partition coefficient (Wildman–Crippen LogP) is 3.39. The number of Topliss-reactive ketones (excluding diaryl/α,β-unsaturated/α-hetero) is 1. The highest BCUT2D eigenvalue weighted by Gasteiger charge is 2.22. The second kappa shape index (κ2) is 5.25. The van der Waals surface area contributed by atoms with Crippen molar-refractivity contribution in [2.75, 3.05) is 5.32 Å². The van der Waals surface area contributed by atoms with Gasteiger partial charge in [0.15, 0.2) is 5.78 Å². The van der Waals surface area contributed by atoms with Gasteiger partial charge in [-0.3, -0.25) is 4.79 Å². The SMILES string of the molecule is Cc1cc(O)ccc1N/C=C1/CCC[C@H](C)C1=O. The molecule has 0 saturated heterocycles. The van der Waals surface area contributed by atoms with E-state index in [-0.39, 0.29) is 17.5 Å². The molecule has 0 aromatic heterocycles. The zero-order valence-corrected chi connectivity index (χ0v) is 10.9. The Kier molecular flexibility index (Phi) is 3.70. The lowest BCUT2D eigenvalue weighted by Gasteiger charge is -2.19. The van der Waals surface area contributed by atoms with E-state index in [2.05, 4.69) is 5.32 Å². The number of anilines is 1. The number of phenolic OH excluding ortho intramolecular Hbond substituents is 1. The van der Waals surface area contributed by atoms with Gasteiger partial charge >= 0.3 is 0 Å². The molecule has 1 saturated carbocycles. The molecular formula is C15H19NO2. The third-order valence-electron chi connectivity index (χ3n) is 3.46. The molecule has 0 spiro atoms. The molecule has 1 aliphatic rings. The van der Waals surface area contributed by atoms with Crippen LogP contribution in [0.2, 0.25) is 0 Å². The molecule has 18 heavy (non-hydrogen) atoms. The molecule has 0 bridgehead atoms. The van der Waals surface area contributed by atoms with Gasteiger partial charge in [-0.15, -0.1) is 0 Å². The van der Waals surface area contributed by atoms with Gasteiger partial charge in [0.05, 0.1) is 0 Å². The Morgan fingerprint density at radius 2 is 2.22 bits per heavy atom. The molecule has 3 heteroatoms. The van der Waals surface area contributed by atoms with Crippen LogP contribution in [0.4, 0.5) is 5.69 Å². The van der Waals surface area contributed by atoms with E-state index in [9.17, 15) is 9.90 Å². The number of ketones is 1. The minimum atomic E-state index is 0.146. The minimum absolute atomic E-state index is 0.146. The largest absolute Gasteiger partial charge is 0.508 e. The molecule has 0 aliphatic heterocycles. The van der Waals surface area contributed by atoms with Gasteiger partial charge in [0.1, 0.15) is 5.75 Å². The Hall–Kier alpha value is -1.77. The number of rotatable bonds is 2. The van der Waals surface area contributed by atoms with E-state index in [1.165, 1.54) is 0 Å². The molecule has 2 N–H and O–H groups in total. The Morgan fingerprint density at radius 3 is 2.94 bits per heavy atom.